The summed E-state index contributed by atoms with van der Waals surface area (Å²) in [4.78, 5) is 13.9. The van der Waals surface area contributed by atoms with Crippen LogP contribution in [0.2, 0.25) is 0 Å². The molecule has 0 aliphatic heterocycles. The molecule has 6 nitrogen and oxygen atoms in total. The Balaban J connectivity index is 2.85. The molecule has 1 aromatic rings. The molecule has 0 aromatic carbocycles. The number of nitrogens with zero attached hydrogens (tertiary/aromatic N) is 2. The van der Waals surface area contributed by atoms with E-state index in [2.05, 4.69) is 9.53 Å². The fourth-order valence-corrected chi connectivity index (χ4v) is 0.994. The second-order valence-electron chi connectivity index (χ2n) is 2.62. The number of hydrogen-bond donors (Lipinski definition) is 1. The molecule has 1 aromatic heterocycles. The standard InChI is InChI=1S/C9H10N2O4/c1-2-14-9(13)7(11-10)8(12)6-4-3-5-15-6/h3-5,8,12H,2H2,1H3. The molecule has 15 heavy (non-hydrogen) atoms. The molecule has 0 amide bonds. The monoisotopic (exact) mass is 210 g/mol. The van der Waals surface area contributed by atoms with Gasteiger partial charge in [0.25, 0.3) is 0 Å². The smallest absolute Gasteiger partial charge is 0.420 e. The van der Waals surface area contributed by atoms with Gasteiger partial charge < -0.3 is 19.8 Å². The van der Waals surface area contributed by atoms with Gasteiger partial charge >= 0.3 is 11.7 Å². The lowest BCUT2D eigenvalue weighted by Gasteiger charge is -2.02. The predicted octanol–water partition coefficient (Wildman–Crippen LogP) is 0.547. The number of furan rings is 1. The number of esters is 1. The van der Waals surface area contributed by atoms with Gasteiger partial charge in [0.15, 0.2) is 0 Å². The number of carbonyl (C=O) groups excluding carboxylic acids is 1. The van der Waals surface area contributed by atoms with E-state index in [-0.39, 0.29) is 12.4 Å². The van der Waals surface area contributed by atoms with Crippen molar-refractivity contribution in [2.45, 2.75) is 13.0 Å². The van der Waals surface area contributed by atoms with Crippen molar-refractivity contribution in [3.8, 4) is 0 Å². The Bertz CT molecular complexity index is 379. The van der Waals surface area contributed by atoms with E-state index < -0.39 is 17.8 Å². The van der Waals surface area contributed by atoms with Gasteiger partial charge in [0.2, 0.25) is 6.10 Å². The number of rotatable bonds is 4. The molecule has 6 heteroatoms. The van der Waals surface area contributed by atoms with E-state index in [1.165, 1.54) is 12.3 Å². The molecule has 0 bridgehead atoms. The lowest BCUT2D eigenvalue weighted by atomic mass is 10.2. The van der Waals surface area contributed by atoms with Crippen LogP contribution in [0.1, 0.15) is 18.8 Å². The van der Waals surface area contributed by atoms with Crippen LogP contribution in [-0.4, -0.2) is 28.2 Å². The predicted molar refractivity (Wildman–Crippen MR) is 48.9 cm³/mol. The van der Waals surface area contributed by atoms with Crippen LogP contribution >= 0.6 is 0 Å². The van der Waals surface area contributed by atoms with Gasteiger partial charge in [-0.25, -0.2) is 4.79 Å². The van der Waals surface area contributed by atoms with Crippen molar-refractivity contribution in [2.75, 3.05) is 6.61 Å². The summed E-state index contributed by atoms with van der Waals surface area (Å²) in [5, 5.41) is 9.58. The lowest BCUT2D eigenvalue weighted by Crippen LogP contribution is -2.25. The number of hydrogen-bond acceptors (Lipinski definition) is 4. The largest absolute Gasteiger partial charge is 0.466 e. The second-order valence-corrected chi connectivity index (χ2v) is 2.62. The molecule has 0 spiro atoms. The van der Waals surface area contributed by atoms with Crippen LogP contribution in [0.25, 0.3) is 5.53 Å². The third kappa shape index (κ3) is 2.52. The first-order valence-corrected chi connectivity index (χ1v) is 4.31. The average Bonchev–Trinajstić information content (AvgIpc) is 2.71. The Morgan fingerprint density at radius 3 is 3.00 bits per heavy atom. The van der Waals surface area contributed by atoms with Crippen LogP contribution in [0, 0.1) is 0 Å². The molecule has 1 unspecified atom stereocenters. The molecule has 0 aliphatic rings. The van der Waals surface area contributed by atoms with E-state index in [0.717, 1.165) is 0 Å². The molecule has 1 N–H and O–H groups in total. The highest BCUT2D eigenvalue weighted by molar-refractivity contribution is 6.35. The molecule has 1 rings (SSSR count). The molecular formula is C9H10N2O4. The zero-order valence-electron chi connectivity index (χ0n) is 8.08. The molecule has 0 aliphatic carbocycles. The first kappa shape index (κ1) is 11.2. The van der Waals surface area contributed by atoms with Crippen molar-refractivity contribution in [2.24, 2.45) is 0 Å². The molecule has 80 valence electrons. The van der Waals surface area contributed by atoms with E-state index in [4.69, 9.17) is 9.95 Å². The van der Waals surface area contributed by atoms with Crippen LogP contribution in [0.3, 0.4) is 0 Å². The Morgan fingerprint density at radius 1 is 1.80 bits per heavy atom. The Morgan fingerprint density at radius 2 is 2.53 bits per heavy atom. The van der Waals surface area contributed by atoms with Gasteiger partial charge in [0.1, 0.15) is 5.76 Å². The van der Waals surface area contributed by atoms with E-state index in [9.17, 15) is 9.90 Å². The quantitative estimate of drug-likeness (QED) is 0.339. The van der Waals surface area contributed by atoms with Crippen molar-refractivity contribution in [1.29, 1.82) is 0 Å². The summed E-state index contributed by atoms with van der Waals surface area (Å²) in [5.41, 5.74) is 8.07. The zero-order chi connectivity index (χ0) is 11.3. The topological polar surface area (TPSA) is 96.1 Å². The molecule has 0 saturated carbocycles. The van der Waals surface area contributed by atoms with Crippen LogP contribution in [0.4, 0.5) is 0 Å². The summed E-state index contributed by atoms with van der Waals surface area (Å²) in [5.74, 6) is -0.778. The summed E-state index contributed by atoms with van der Waals surface area (Å²) >= 11 is 0. The number of aliphatic hydroxyl groups is 1. The van der Waals surface area contributed by atoms with Crippen LogP contribution in [0.5, 0.6) is 0 Å². The third-order valence-electron chi connectivity index (χ3n) is 1.66. The fourth-order valence-electron chi connectivity index (χ4n) is 0.994. The Hall–Kier alpha value is -1.91. The van der Waals surface area contributed by atoms with Crippen molar-refractivity contribution >= 4 is 11.7 Å². The minimum Gasteiger partial charge on any atom is -0.466 e. The highest BCUT2D eigenvalue weighted by Gasteiger charge is 2.34. The summed E-state index contributed by atoms with van der Waals surface area (Å²) < 4.78 is 9.44. The van der Waals surface area contributed by atoms with Crippen molar-refractivity contribution in [1.82, 2.24) is 0 Å². The van der Waals surface area contributed by atoms with Gasteiger partial charge in [-0.2, -0.15) is 4.79 Å². The summed E-state index contributed by atoms with van der Waals surface area (Å²) in [6, 6.07) is 2.99. The lowest BCUT2D eigenvalue weighted by molar-refractivity contribution is -0.141. The van der Waals surface area contributed by atoms with Crippen molar-refractivity contribution < 1.29 is 23.8 Å². The third-order valence-corrected chi connectivity index (χ3v) is 1.66. The molecule has 0 fully saturated rings. The maximum Gasteiger partial charge on any atom is 0.420 e. The maximum atomic E-state index is 11.2. The van der Waals surface area contributed by atoms with Gasteiger partial charge in [0, 0.05) is 0 Å². The minimum absolute atomic E-state index is 0.107. The highest BCUT2D eigenvalue weighted by atomic mass is 16.5. The fraction of sp³-hybridized carbons (Fsp3) is 0.333. The van der Waals surface area contributed by atoms with E-state index >= 15 is 0 Å². The molecule has 0 saturated heterocycles. The highest BCUT2D eigenvalue weighted by Crippen LogP contribution is 2.14. The average molecular weight is 210 g/mol. The molecular weight excluding hydrogens is 200 g/mol. The van der Waals surface area contributed by atoms with Crippen LogP contribution in [-0.2, 0) is 9.53 Å². The molecule has 0 radical (unpaired) electrons. The Kier molecular flexibility index (Phi) is 3.79. The van der Waals surface area contributed by atoms with E-state index in [0.29, 0.717) is 0 Å². The maximum absolute atomic E-state index is 11.2. The molecule has 1 atom stereocenters. The van der Waals surface area contributed by atoms with Crippen LogP contribution < -0.4 is 0 Å². The number of carbonyl (C=O) groups is 1. The molecule has 1 heterocycles. The van der Waals surface area contributed by atoms with Gasteiger partial charge in [-0.1, -0.05) is 0 Å². The Labute approximate surface area is 85.7 Å². The van der Waals surface area contributed by atoms with Gasteiger partial charge in [-0.15, -0.1) is 0 Å². The van der Waals surface area contributed by atoms with E-state index in [1.54, 1.807) is 13.0 Å². The summed E-state index contributed by atoms with van der Waals surface area (Å²) in [7, 11) is 0. The second kappa shape index (κ2) is 5.09. The first-order valence-electron chi connectivity index (χ1n) is 4.31. The van der Waals surface area contributed by atoms with E-state index in [1.807, 2.05) is 0 Å². The van der Waals surface area contributed by atoms with Crippen LogP contribution in [0.15, 0.2) is 22.8 Å². The number of aliphatic hydroxyl groups excluding tert-OH is 1. The van der Waals surface area contributed by atoms with Gasteiger partial charge in [0.05, 0.1) is 12.9 Å². The van der Waals surface area contributed by atoms with Gasteiger partial charge in [-0.3, -0.25) is 0 Å². The summed E-state index contributed by atoms with van der Waals surface area (Å²) in [6.07, 6.45) is -0.0948. The SMILES string of the molecule is CCOC(=O)C(=[N+]=[N-])C(O)c1ccco1. The minimum atomic E-state index is -1.43. The van der Waals surface area contributed by atoms with Gasteiger partial charge in [-0.05, 0) is 19.1 Å². The van der Waals surface area contributed by atoms with Crippen molar-refractivity contribution in [3.05, 3.63) is 29.7 Å². The summed E-state index contributed by atoms with van der Waals surface area (Å²) in [6.45, 7) is 1.73. The number of ether oxygens (including phenoxy) is 1. The van der Waals surface area contributed by atoms with Crippen molar-refractivity contribution in [3.63, 3.8) is 0 Å². The first-order chi connectivity index (χ1) is 7.20. The normalized spacial score (nSPS) is 11.6. The zero-order valence-corrected chi connectivity index (χ0v) is 8.08.